The first kappa shape index (κ1) is 21.0. The fourth-order valence-corrected chi connectivity index (χ4v) is 3.92. The average molecular weight is 430 g/mol. The third-order valence-corrected chi connectivity index (χ3v) is 5.43. The van der Waals surface area contributed by atoms with Gasteiger partial charge in [-0.15, -0.1) is 0 Å². The van der Waals surface area contributed by atoms with E-state index in [4.69, 9.17) is 17.0 Å². The van der Waals surface area contributed by atoms with Crippen molar-refractivity contribution >= 4 is 28.8 Å². The van der Waals surface area contributed by atoms with Gasteiger partial charge in [0.15, 0.2) is 11.6 Å². The van der Waals surface area contributed by atoms with Gasteiger partial charge in [0, 0.05) is 32.1 Å². The molecule has 0 bridgehead atoms. The van der Waals surface area contributed by atoms with E-state index in [0.717, 1.165) is 16.9 Å². The van der Waals surface area contributed by atoms with Crippen molar-refractivity contribution in [2.75, 3.05) is 26.0 Å². The first-order chi connectivity index (χ1) is 13.6. The third kappa shape index (κ3) is 3.78. The third-order valence-electron chi connectivity index (χ3n) is 4.86. The Hall–Kier alpha value is -2.69. The van der Waals surface area contributed by atoms with Crippen molar-refractivity contribution in [2.24, 2.45) is 13.0 Å². The molecule has 156 valence electrons. The molecule has 6 nitrogen and oxygen atoms in total. The summed E-state index contributed by atoms with van der Waals surface area (Å²) in [5.41, 5.74) is -0.976. The number of carbonyl (C=O) groups is 1. The number of nitrogens with one attached hydrogen (secondary N) is 1. The summed E-state index contributed by atoms with van der Waals surface area (Å²) in [6.45, 7) is 0.117. The highest BCUT2D eigenvalue weighted by Crippen LogP contribution is 2.41. The number of aryl methyl sites for hydroxylation is 1. The lowest BCUT2D eigenvalue weighted by Crippen LogP contribution is -2.32. The number of halogens is 4. The summed E-state index contributed by atoms with van der Waals surface area (Å²) in [5, 5.41) is 6.26. The van der Waals surface area contributed by atoms with Crippen LogP contribution in [-0.4, -0.2) is 46.3 Å². The van der Waals surface area contributed by atoms with Crippen LogP contribution in [0.3, 0.4) is 0 Å². The number of thiocarbonyl (C=S) groups is 1. The highest BCUT2D eigenvalue weighted by molar-refractivity contribution is 7.80. The zero-order valence-electron chi connectivity index (χ0n) is 15.7. The summed E-state index contributed by atoms with van der Waals surface area (Å²) in [5.74, 6) is -3.43. The number of carbonyl (C=O) groups excluding carboxylic acids is 1. The summed E-state index contributed by atoms with van der Waals surface area (Å²) in [6.07, 6.45) is -3.53. The zero-order chi connectivity index (χ0) is 21.5. The van der Waals surface area contributed by atoms with Gasteiger partial charge >= 0.3 is 6.18 Å². The number of anilines is 1. The molecule has 2 atom stereocenters. The van der Waals surface area contributed by atoms with Gasteiger partial charge in [-0.2, -0.15) is 18.3 Å². The largest absolute Gasteiger partial charge is 0.492 e. The molecule has 29 heavy (non-hydrogen) atoms. The Labute approximate surface area is 169 Å². The summed E-state index contributed by atoms with van der Waals surface area (Å²) in [4.78, 5) is 14.7. The van der Waals surface area contributed by atoms with E-state index in [1.165, 1.54) is 26.3 Å². The van der Waals surface area contributed by atoms with Crippen LogP contribution in [0.4, 0.5) is 23.2 Å². The van der Waals surface area contributed by atoms with Crippen LogP contribution >= 0.6 is 12.2 Å². The van der Waals surface area contributed by atoms with E-state index in [0.29, 0.717) is 0 Å². The number of amides is 1. The number of alkyl halides is 3. The second-order valence-electron chi connectivity index (χ2n) is 6.68. The molecular weight excluding hydrogens is 412 g/mol. The first-order valence-electron chi connectivity index (χ1n) is 8.53. The Morgan fingerprint density at radius 1 is 1.34 bits per heavy atom. The Bertz CT molecular complexity index is 960. The van der Waals surface area contributed by atoms with Crippen molar-refractivity contribution < 1.29 is 27.1 Å². The molecule has 0 spiro atoms. The van der Waals surface area contributed by atoms with E-state index in [9.17, 15) is 22.4 Å². The minimum absolute atomic E-state index is 0.0656. The number of hydrogen-bond donors (Lipinski definition) is 1. The lowest BCUT2D eigenvalue weighted by molar-refractivity contribution is -0.144. The van der Waals surface area contributed by atoms with Gasteiger partial charge in [0.1, 0.15) is 5.69 Å². The second-order valence-corrected chi connectivity index (χ2v) is 7.10. The molecule has 11 heteroatoms. The number of likely N-dealkylation sites (tertiary alicyclic amines) is 1. The minimum Gasteiger partial charge on any atom is -0.492 e. The maximum atomic E-state index is 13.9. The average Bonchev–Trinajstić information content (AvgIpc) is 3.15. The Morgan fingerprint density at radius 2 is 2.03 bits per heavy atom. The van der Waals surface area contributed by atoms with Crippen molar-refractivity contribution in [3.8, 4) is 5.75 Å². The molecule has 1 fully saturated rings. The summed E-state index contributed by atoms with van der Waals surface area (Å²) < 4.78 is 60.2. The number of methoxy groups -OCH3 is 1. The summed E-state index contributed by atoms with van der Waals surface area (Å²) in [6, 6.07) is 3.98. The predicted octanol–water partition coefficient (Wildman–Crippen LogP) is 3.20. The number of benzene rings is 1. The molecule has 2 aromatic rings. The van der Waals surface area contributed by atoms with Crippen molar-refractivity contribution in [3.05, 3.63) is 41.5 Å². The smallest absolute Gasteiger partial charge is 0.433 e. The van der Waals surface area contributed by atoms with E-state index in [-0.39, 0.29) is 28.5 Å². The molecule has 3 rings (SSSR count). The minimum atomic E-state index is -4.64. The van der Waals surface area contributed by atoms with Crippen molar-refractivity contribution in [1.82, 2.24) is 14.7 Å². The van der Waals surface area contributed by atoms with Crippen LogP contribution in [0.25, 0.3) is 0 Å². The van der Waals surface area contributed by atoms with Gasteiger partial charge in [0.05, 0.1) is 29.9 Å². The second kappa shape index (κ2) is 7.62. The number of hydrogen-bond acceptors (Lipinski definition) is 4. The topological polar surface area (TPSA) is 59.4 Å². The standard InChI is InChI=1S/C18H18F4N4O2S/c1-25-8-10(9-7-23-26(2)15(9)18(20,21)22)13(17(25)29)16(27)24-12-6-4-5-11(19)14(12)28-3/h4-7,10,13H,8H2,1-3H3,(H,24,27)/t10-,13+/m1/s1. The predicted molar refractivity (Wildman–Crippen MR) is 101 cm³/mol. The molecule has 1 saturated heterocycles. The van der Waals surface area contributed by atoms with Gasteiger partial charge in [-0.05, 0) is 12.1 Å². The van der Waals surface area contributed by atoms with Crippen LogP contribution in [0, 0.1) is 11.7 Å². The van der Waals surface area contributed by atoms with Gasteiger partial charge in [0.2, 0.25) is 5.91 Å². The van der Waals surface area contributed by atoms with Gasteiger partial charge in [-0.3, -0.25) is 9.48 Å². The molecule has 1 N–H and O–H groups in total. The van der Waals surface area contributed by atoms with Crippen LogP contribution in [0.2, 0.25) is 0 Å². The van der Waals surface area contributed by atoms with Crippen molar-refractivity contribution in [1.29, 1.82) is 0 Å². The summed E-state index contributed by atoms with van der Waals surface area (Å²) in [7, 11) is 4.04. The van der Waals surface area contributed by atoms with Crippen LogP contribution in [0.15, 0.2) is 24.4 Å². The molecule has 0 aliphatic carbocycles. The molecule has 1 aliphatic heterocycles. The zero-order valence-corrected chi connectivity index (χ0v) is 16.6. The Kier molecular flexibility index (Phi) is 5.52. The highest BCUT2D eigenvalue weighted by atomic mass is 32.1. The molecule has 1 aromatic heterocycles. The maximum absolute atomic E-state index is 13.9. The van der Waals surface area contributed by atoms with Gasteiger partial charge in [-0.1, -0.05) is 18.3 Å². The quantitative estimate of drug-likeness (QED) is 0.597. The van der Waals surface area contributed by atoms with Crippen LogP contribution < -0.4 is 10.1 Å². The summed E-state index contributed by atoms with van der Waals surface area (Å²) >= 11 is 5.31. The fraction of sp³-hybridized carbons (Fsp3) is 0.389. The van der Waals surface area contributed by atoms with Gasteiger partial charge in [-0.25, -0.2) is 4.39 Å². The first-order valence-corrected chi connectivity index (χ1v) is 8.94. The molecule has 1 amide bonds. The van der Waals surface area contributed by atoms with E-state index < -0.39 is 35.4 Å². The van der Waals surface area contributed by atoms with E-state index in [1.54, 1.807) is 11.9 Å². The van der Waals surface area contributed by atoms with E-state index in [1.807, 2.05) is 0 Å². The maximum Gasteiger partial charge on any atom is 0.433 e. The van der Waals surface area contributed by atoms with Crippen LogP contribution in [-0.2, 0) is 18.0 Å². The molecule has 0 radical (unpaired) electrons. The highest BCUT2D eigenvalue weighted by Gasteiger charge is 2.47. The van der Waals surface area contributed by atoms with E-state index >= 15 is 0 Å². The molecule has 1 aliphatic rings. The molecule has 2 heterocycles. The Morgan fingerprint density at radius 3 is 2.66 bits per heavy atom. The molecule has 0 saturated carbocycles. The Balaban J connectivity index is 1.98. The lowest BCUT2D eigenvalue weighted by Gasteiger charge is -2.20. The number of nitrogens with zero attached hydrogens (tertiary/aromatic N) is 3. The molecule has 1 aromatic carbocycles. The van der Waals surface area contributed by atoms with Crippen LogP contribution in [0.1, 0.15) is 17.2 Å². The fourth-order valence-electron chi connectivity index (χ4n) is 3.57. The number of aromatic nitrogens is 2. The number of likely N-dealkylation sites (N-methyl/N-ethyl adjacent to an activating group) is 1. The number of rotatable bonds is 4. The molecular formula is C18H18F4N4O2S. The van der Waals surface area contributed by atoms with Crippen LogP contribution in [0.5, 0.6) is 5.75 Å². The number of para-hydroxylation sites is 1. The number of ether oxygens (including phenoxy) is 1. The van der Waals surface area contributed by atoms with Gasteiger partial charge < -0.3 is 15.0 Å². The van der Waals surface area contributed by atoms with Crippen molar-refractivity contribution in [3.63, 3.8) is 0 Å². The molecule has 0 unspecified atom stereocenters. The van der Waals surface area contributed by atoms with E-state index in [2.05, 4.69) is 10.4 Å². The van der Waals surface area contributed by atoms with Crippen molar-refractivity contribution in [2.45, 2.75) is 12.1 Å². The van der Waals surface area contributed by atoms with Gasteiger partial charge in [0.25, 0.3) is 0 Å². The normalized spacial score (nSPS) is 19.6. The lowest BCUT2D eigenvalue weighted by atomic mass is 9.88. The SMILES string of the molecule is COc1c(F)cccc1NC(=O)[C@H]1C(=S)N(C)C[C@@H]1c1cnn(C)c1C(F)(F)F. The monoisotopic (exact) mass is 430 g/mol.